The van der Waals surface area contributed by atoms with Gasteiger partial charge in [-0.3, -0.25) is 15.0 Å². The zero-order valence-corrected chi connectivity index (χ0v) is 15.3. The SMILES string of the molecule is CC1Cc2cc(C=C3C(=O)NN(c4cc(Cl)cc(Cl)c4)C3=O)ccc2O1. The van der Waals surface area contributed by atoms with E-state index in [4.69, 9.17) is 27.9 Å². The molecule has 0 saturated carbocycles. The first-order chi connectivity index (χ1) is 12.4. The monoisotopic (exact) mass is 388 g/mol. The Kier molecular flexibility index (Phi) is 4.13. The summed E-state index contributed by atoms with van der Waals surface area (Å²) in [5.41, 5.74) is 4.83. The molecule has 2 aliphatic heterocycles. The van der Waals surface area contributed by atoms with Gasteiger partial charge in [0.2, 0.25) is 0 Å². The molecule has 2 aliphatic rings. The van der Waals surface area contributed by atoms with E-state index in [-0.39, 0.29) is 11.7 Å². The van der Waals surface area contributed by atoms with Gasteiger partial charge in [-0.05, 0) is 54.5 Å². The van der Waals surface area contributed by atoms with E-state index in [0.29, 0.717) is 15.7 Å². The highest BCUT2D eigenvalue weighted by molar-refractivity contribution is 6.36. The van der Waals surface area contributed by atoms with Crippen LogP contribution in [0.2, 0.25) is 10.0 Å². The van der Waals surface area contributed by atoms with Crippen LogP contribution in [0.4, 0.5) is 5.69 Å². The molecule has 1 atom stereocenters. The van der Waals surface area contributed by atoms with Crippen molar-refractivity contribution in [1.29, 1.82) is 0 Å². The molecule has 7 heteroatoms. The molecule has 0 aliphatic carbocycles. The number of nitrogens with zero attached hydrogens (tertiary/aromatic N) is 1. The Hall–Kier alpha value is -2.50. The summed E-state index contributed by atoms with van der Waals surface area (Å²) in [5.74, 6) is -0.0910. The van der Waals surface area contributed by atoms with Crippen molar-refractivity contribution in [2.45, 2.75) is 19.4 Å². The summed E-state index contributed by atoms with van der Waals surface area (Å²) in [5, 5.41) is 1.89. The highest BCUT2D eigenvalue weighted by Gasteiger charge is 2.34. The molecule has 4 rings (SSSR count). The summed E-state index contributed by atoms with van der Waals surface area (Å²) in [4.78, 5) is 25.0. The highest BCUT2D eigenvalue weighted by Crippen LogP contribution is 2.31. The summed E-state index contributed by atoms with van der Waals surface area (Å²) in [6.45, 7) is 2.00. The molecule has 1 fully saturated rings. The zero-order chi connectivity index (χ0) is 18.4. The van der Waals surface area contributed by atoms with Gasteiger partial charge in [-0.1, -0.05) is 29.3 Å². The molecule has 1 unspecified atom stereocenters. The van der Waals surface area contributed by atoms with Crippen LogP contribution in [-0.4, -0.2) is 17.9 Å². The zero-order valence-electron chi connectivity index (χ0n) is 13.8. The van der Waals surface area contributed by atoms with Gasteiger partial charge in [-0.15, -0.1) is 0 Å². The maximum absolute atomic E-state index is 12.7. The first-order valence-electron chi connectivity index (χ1n) is 8.03. The molecule has 1 saturated heterocycles. The minimum absolute atomic E-state index is 0.0491. The second kappa shape index (κ2) is 6.34. The molecule has 26 heavy (non-hydrogen) atoms. The van der Waals surface area contributed by atoms with Crippen molar-refractivity contribution >= 4 is 46.8 Å². The maximum atomic E-state index is 12.7. The Bertz CT molecular complexity index is 951. The summed E-state index contributed by atoms with van der Waals surface area (Å²) < 4.78 is 5.67. The smallest absolute Gasteiger partial charge is 0.282 e. The minimum atomic E-state index is -0.476. The fourth-order valence-corrected chi connectivity index (χ4v) is 3.62. The van der Waals surface area contributed by atoms with E-state index in [1.165, 1.54) is 0 Å². The van der Waals surface area contributed by atoms with Crippen LogP contribution in [0.15, 0.2) is 42.0 Å². The lowest BCUT2D eigenvalue weighted by molar-refractivity contribution is -0.117. The van der Waals surface area contributed by atoms with E-state index in [1.807, 2.05) is 25.1 Å². The number of hydrazine groups is 1. The first-order valence-corrected chi connectivity index (χ1v) is 8.79. The highest BCUT2D eigenvalue weighted by atomic mass is 35.5. The molecule has 0 bridgehead atoms. The topological polar surface area (TPSA) is 58.6 Å². The predicted octanol–water partition coefficient (Wildman–Crippen LogP) is 3.78. The third-order valence-corrected chi connectivity index (χ3v) is 4.66. The van der Waals surface area contributed by atoms with Crippen molar-refractivity contribution < 1.29 is 14.3 Å². The fraction of sp³-hybridized carbons (Fsp3) is 0.158. The van der Waals surface area contributed by atoms with Crippen molar-refractivity contribution in [3.05, 3.63) is 63.1 Å². The first kappa shape index (κ1) is 16.9. The number of rotatable bonds is 2. The number of amides is 2. The van der Waals surface area contributed by atoms with Crippen LogP contribution in [0.5, 0.6) is 5.75 Å². The predicted molar refractivity (Wildman–Crippen MR) is 100 cm³/mol. The van der Waals surface area contributed by atoms with E-state index in [0.717, 1.165) is 28.3 Å². The molecular weight excluding hydrogens is 375 g/mol. The van der Waals surface area contributed by atoms with E-state index >= 15 is 0 Å². The molecule has 1 N–H and O–H groups in total. The van der Waals surface area contributed by atoms with Gasteiger partial charge in [0.05, 0.1) is 5.69 Å². The number of nitrogens with one attached hydrogen (secondary N) is 1. The number of carbonyl (C=O) groups is 2. The number of halogens is 2. The van der Waals surface area contributed by atoms with Gasteiger partial charge in [0, 0.05) is 16.5 Å². The number of benzene rings is 2. The number of hydrogen-bond donors (Lipinski definition) is 1. The minimum Gasteiger partial charge on any atom is -0.490 e. The Labute approximate surface area is 160 Å². The number of carbonyl (C=O) groups excluding carboxylic acids is 2. The molecule has 5 nitrogen and oxygen atoms in total. The normalized spacial score (nSPS) is 20.3. The fourth-order valence-electron chi connectivity index (χ4n) is 3.11. The van der Waals surface area contributed by atoms with Crippen LogP contribution < -0.4 is 15.2 Å². The van der Waals surface area contributed by atoms with Gasteiger partial charge in [0.15, 0.2) is 0 Å². The quantitative estimate of drug-likeness (QED) is 0.628. The second-order valence-corrected chi connectivity index (χ2v) is 7.14. The van der Waals surface area contributed by atoms with Crippen LogP contribution in [0.3, 0.4) is 0 Å². The third kappa shape index (κ3) is 3.04. The molecule has 2 amide bonds. The molecule has 0 aromatic heterocycles. The number of hydrogen-bond acceptors (Lipinski definition) is 3. The molecular formula is C19H14Cl2N2O3. The molecule has 2 aromatic rings. The summed E-state index contributed by atoms with van der Waals surface area (Å²) >= 11 is 12.0. The Morgan fingerprint density at radius 1 is 1.15 bits per heavy atom. The van der Waals surface area contributed by atoms with E-state index < -0.39 is 11.8 Å². The lowest BCUT2D eigenvalue weighted by Gasteiger charge is -2.15. The van der Waals surface area contributed by atoms with E-state index in [2.05, 4.69) is 5.43 Å². The molecule has 132 valence electrons. The van der Waals surface area contributed by atoms with Crippen molar-refractivity contribution in [1.82, 2.24) is 5.43 Å². The Morgan fingerprint density at radius 2 is 1.88 bits per heavy atom. The number of fused-ring (bicyclic) bond motifs is 1. The van der Waals surface area contributed by atoms with Crippen molar-refractivity contribution in [3.8, 4) is 5.75 Å². The van der Waals surface area contributed by atoms with Crippen LogP contribution in [0, 0.1) is 0 Å². The number of anilines is 1. The van der Waals surface area contributed by atoms with Crippen LogP contribution in [0.1, 0.15) is 18.1 Å². The summed E-state index contributed by atoms with van der Waals surface area (Å²) in [6.07, 6.45) is 2.51. The standard InChI is InChI=1S/C19H14Cl2N2O3/c1-10-4-12-5-11(2-3-17(12)26-10)6-16-18(24)22-23(19(16)25)15-8-13(20)7-14(21)9-15/h2-3,5-10H,4H2,1H3,(H,22,24). The van der Waals surface area contributed by atoms with E-state index in [1.54, 1.807) is 24.3 Å². The average molecular weight is 389 g/mol. The average Bonchev–Trinajstić information content (AvgIpc) is 3.07. The third-order valence-electron chi connectivity index (χ3n) is 4.23. The van der Waals surface area contributed by atoms with Crippen LogP contribution in [0.25, 0.3) is 6.08 Å². The van der Waals surface area contributed by atoms with Gasteiger partial charge >= 0.3 is 0 Å². The lowest BCUT2D eigenvalue weighted by Crippen LogP contribution is -2.35. The maximum Gasteiger partial charge on any atom is 0.282 e. The molecule has 0 radical (unpaired) electrons. The van der Waals surface area contributed by atoms with Crippen molar-refractivity contribution in [2.24, 2.45) is 0 Å². The van der Waals surface area contributed by atoms with Crippen LogP contribution >= 0.6 is 23.2 Å². The van der Waals surface area contributed by atoms with Gasteiger partial charge in [0.1, 0.15) is 17.4 Å². The van der Waals surface area contributed by atoms with Gasteiger partial charge < -0.3 is 4.74 Å². The van der Waals surface area contributed by atoms with E-state index in [9.17, 15) is 9.59 Å². The largest absolute Gasteiger partial charge is 0.490 e. The van der Waals surface area contributed by atoms with Gasteiger partial charge in [-0.2, -0.15) is 0 Å². The molecule has 0 spiro atoms. The Morgan fingerprint density at radius 3 is 2.62 bits per heavy atom. The van der Waals surface area contributed by atoms with Crippen molar-refractivity contribution in [2.75, 3.05) is 5.01 Å². The lowest BCUT2D eigenvalue weighted by atomic mass is 10.0. The van der Waals surface area contributed by atoms with Gasteiger partial charge in [-0.25, -0.2) is 5.01 Å². The second-order valence-electron chi connectivity index (χ2n) is 6.27. The van der Waals surface area contributed by atoms with Crippen molar-refractivity contribution in [3.63, 3.8) is 0 Å². The summed E-state index contributed by atoms with van der Waals surface area (Å²) in [6, 6.07) is 10.3. The van der Waals surface area contributed by atoms with Crippen LogP contribution in [-0.2, 0) is 16.0 Å². The summed E-state index contributed by atoms with van der Waals surface area (Å²) in [7, 11) is 0. The number of ether oxygens (including phenoxy) is 1. The molecule has 2 aromatic carbocycles. The molecule has 2 heterocycles. The Balaban J connectivity index is 1.65. The van der Waals surface area contributed by atoms with Gasteiger partial charge in [0.25, 0.3) is 11.8 Å².